The highest BCUT2D eigenvalue weighted by molar-refractivity contribution is 6.09. The van der Waals surface area contributed by atoms with Crippen molar-refractivity contribution in [3.05, 3.63) is 66.1 Å². The fraction of sp³-hybridized carbons (Fsp3) is 0.286. The van der Waals surface area contributed by atoms with Gasteiger partial charge in [0.1, 0.15) is 18.2 Å². The molecular formula is C21H18N4O2. The number of amides is 1. The zero-order chi connectivity index (χ0) is 19.0. The van der Waals surface area contributed by atoms with Crippen molar-refractivity contribution in [3.8, 4) is 6.07 Å². The number of aromatic nitrogens is 2. The van der Waals surface area contributed by atoms with E-state index in [0.717, 1.165) is 5.56 Å². The summed E-state index contributed by atoms with van der Waals surface area (Å²) in [7, 11) is 0. The van der Waals surface area contributed by atoms with Crippen LogP contribution in [0.25, 0.3) is 0 Å². The highest BCUT2D eigenvalue weighted by Gasteiger charge is 2.56. The van der Waals surface area contributed by atoms with Crippen molar-refractivity contribution < 1.29 is 9.59 Å². The number of piperidine rings is 1. The average molecular weight is 358 g/mol. The molecule has 2 aliphatic rings. The van der Waals surface area contributed by atoms with E-state index in [0.29, 0.717) is 18.8 Å². The van der Waals surface area contributed by atoms with E-state index in [1.165, 1.54) is 6.33 Å². The molecule has 0 N–H and O–H groups in total. The molecular weight excluding hydrogens is 340 g/mol. The molecule has 1 amide bonds. The lowest BCUT2D eigenvalue weighted by Gasteiger charge is -2.49. The van der Waals surface area contributed by atoms with Crippen molar-refractivity contribution in [2.45, 2.75) is 18.8 Å². The Balaban J connectivity index is 1.94. The van der Waals surface area contributed by atoms with Crippen LogP contribution in [0.15, 0.2) is 60.6 Å². The van der Waals surface area contributed by atoms with E-state index in [1.807, 2.05) is 43.3 Å². The number of fused-ring (bicyclic) bond motifs is 1. The summed E-state index contributed by atoms with van der Waals surface area (Å²) < 4.78 is 0. The summed E-state index contributed by atoms with van der Waals surface area (Å²) in [6.07, 6.45) is 5.24. The summed E-state index contributed by atoms with van der Waals surface area (Å²) in [5.74, 6) is -0.412. The number of anilines is 1. The molecule has 3 atom stereocenters. The van der Waals surface area contributed by atoms with Crippen LogP contribution in [0.4, 0.5) is 5.82 Å². The first kappa shape index (κ1) is 17.1. The molecule has 1 fully saturated rings. The Morgan fingerprint density at radius 1 is 1.22 bits per heavy atom. The lowest BCUT2D eigenvalue weighted by molar-refractivity contribution is -0.130. The van der Waals surface area contributed by atoms with Gasteiger partial charge in [-0.3, -0.25) is 14.5 Å². The van der Waals surface area contributed by atoms with Crippen molar-refractivity contribution in [1.82, 2.24) is 9.97 Å². The summed E-state index contributed by atoms with van der Waals surface area (Å²) in [6.45, 7) is 2.30. The van der Waals surface area contributed by atoms with Gasteiger partial charge in [0.2, 0.25) is 5.91 Å². The number of benzene rings is 1. The zero-order valence-electron chi connectivity index (χ0n) is 14.9. The number of allylic oxidation sites excluding steroid dienone is 1. The van der Waals surface area contributed by atoms with Gasteiger partial charge in [0.25, 0.3) is 0 Å². The van der Waals surface area contributed by atoms with Gasteiger partial charge in [0.15, 0.2) is 5.78 Å². The Bertz CT molecular complexity index is 965. The van der Waals surface area contributed by atoms with Crippen molar-refractivity contribution in [2.24, 2.45) is 11.8 Å². The molecule has 0 spiro atoms. The van der Waals surface area contributed by atoms with E-state index < -0.39 is 11.3 Å². The third kappa shape index (κ3) is 2.47. The minimum atomic E-state index is -1.05. The molecule has 1 aliphatic carbocycles. The maximum atomic E-state index is 13.8. The van der Waals surface area contributed by atoms with Gasteiger partial charge < -0.3 is 0 Å². The van der Waals surface area contributed by atoms with E-state index in [2.05, 4.69) is 9.97 Å². The Kier molecular flexibility index (Phi) is 4.08. The fourth-order valence-electron chi connectivity index (χ4n) is 4.40. The van der Waals surface area contributed by atoms with Gasteiger partial charge in [0.05, 0.1) is 11.0 Å². The molecule has 0 unspecified atom stereocenters. The Labute approximate surface area is 157 Å². The Hall–Kier alpha value is -3.33. The minimum absolute atomic E-state index is 0.0560. The quantitative estimate of drug-likeness (QED) is 0.823. The molecule has 1 aromatic heterocycles. The summed E-state index contributed by atoms with van der Waals surface area (Å²) in [5.41, 5.74) is -0.200. The average Bonchev–Trinajstić information content (AvgIpc) is 2.72. The number of hydrogen-bond donors (Lipinski definition) is 0. The maximum absolute atomic E-state index is 13.8. The summed E-state index contributed by atoms with van der Waals surface area (Å²) in [6, 6.07) is 13.1. The van der Waals surface area contributed by atoms with Crippen LogP contribution in [-0.4, -0.2) is 28.2 Å². The molecule has 2 aromatic rings. The molecule has 0 saturated carbocycles. The predicted molar refractivity (Wildman–Crippen MR) is 98.5 cm³/mol. The minimum Gasteiger partial charge on any atom is -0.296 e. The molecule has 27 heavy (non-hydrogen) atoms. The molecule has 2 heterocycles. The highest BCUT2D eigenvalue weighted by atomic mass is 16.2. The van der Waals surface area contributed by atoms with Gasteiger partial charge in [-0.05, 0) is 30.0 Å². The number of rotatable bonds is 2. The Morgan fingerprint density at radius 3 is 2.67 bits per heavy atom. The summed E-state index contributed by atoms with van der Waals surface area (Å²) in [4.78, 5) is 36.2. The zero-order valence-corrected chi connectivity index (χ0v) is 14.9. The lowest BCUT2D eigenvalue weighted by Crippen LogP contribution is -2.60. The first-order valence-electron chi connectivity index (χ1n) is 8.90. The van der Waals surface area contributed by atoms with Crippen LogP contribution < -0.4 is 4.90 Å². The van der Waals surface area contributed by atoms with Crippen molar-refractivity contribution in [3.63, 3.8) is 0 Å². The van der Waals surface area contributed by atoms with Crippen molar-refractivity contribution >= 4 is 17.5 Å². The van der Waals surface area contributed by atoms with E-state index >= 15 is 0 Å². The van der Waals surface area contributed by atoms with Gasteiger partial charge in [-0.25, -0.2) is 9.97 Å². The van der Waals surface area contributed by atoms with Gasteiger partial charge in [-0.1, -0.05) is 37.3 Å². The SMILES string of the molecule is C[C@@H]1C(=O)C(C#N)=C[C@]2(c3ccccc3)C(=O)N(c3ccncn3)CC[C@@H]12. The summed E-state index contributed by atoms with van der Waals surface area (Å²) >= 11 is 0. The smallest absolute Gasteiger partial charge is 0.243 e. The number of nitrogens with zero attached hydrogens (tertiary/aromatic N) is 4. The highest BCUT2D eigenvalue weighted by Crippen LogP contribution is 2.49. The van der Waals surface area contributed by atoms with Crippen LogP contribution in [0.1, 0.15) is 18.9 Å². The van der Waals surface area contributed by atoms with E-state index in [4.69, 9.17) is 0 Å². The van der Waals surface area contributed by atoms with Crippen LogP contribution in [-0.2, 0) is 15.0 Å². The molecule has 134 valence electrons. The van der Waals surface area contributed by atoms with Gasteiger partial charge in [-0.15, -0.1) is 0 Å². The summed E-state index contributed by atoms with van der Waals surface area (Å²) in [5, 5.41) is 9.52. The second-order valence-electron chi connectivity index (χ2n) is 6.98. The second kappa shape index (κ2) is 6.44. The van der Waals surface area contributed by atoms with Crippen molar-refractivity contribution in [1.29, 1.82) is 5.26 Å². The van der Waals surface area contributed by atoms with E-state index in [-0.39, 0.29) is 23.2 Å². The van der Waals surface area contributed by atoms with Gasteiger partial charge >= 0.3 is 0 Å². The normalized spacial score (nSPS) is 27.6. The van der Waals surface area contributed by atoms with E-state index in [9.17, 15) is 14.9 Å². The van der Waals surface area contributed by atoms with Crippen molar-refractivity contribution in [2.75, 3.05) is 11.4 Å². The number of carbonyl (C=O) groups is 2. The third-order valence-corrected chi connectivity index (χ3v) is 5.72. The largest absolute Gasteiger partial charge is 0.296 e. The molecule has 1 aliphatic heterocycles. The molecule has 1 aromatic carbocycles. The number of hydrogen-bond acceptors (Lipinski definition) is 5. The monoisotopic (exact) mass is 358 g/mol. The van der Waals surface area contributed by atoms with E-state index in [1.54, 1.807) is 23.2 Å². The third-order valence-electron chi connectivity index (χ3n) is 5.72. The predicted octanol–water partition coefficient (Wildman–Crippen LogP) is 2.44. The number of ketones is 1. The molecule has 1 saturated heterocycles. The van der Waals surface area contributed by atoms with Crippen LogP contribution in [0.2, 0.25) is 0 Å². The topological polar surface area (TPSA) is 87.0 Å². The molecule has 6 nitrogen and oxygen atoms in total. The van der Waals surface area contributed by atoms with Gasteiger partial charge in [-0.2, -0.15) is 5.26 Å². The number of carbonyl (C=O) groups excluding carboxylic acids is 2. The van der Waals surface area contributed by atoms with Crippen LogP contribution in [0, 0.1) is 23.2 Å². The fourth-order valence-corrected chi connectivity index (χ4v) is 4.40. The molecule has 4 rings (SSSR count). The lowest BCUT2D eigenvalue weighted by atomic mass is 9.57. The number of Topliss-reactive ketones (excluding diaryl/α,β-unsaturated/α-hetero) is 1. The standard InChI is InChI=1S/C21H18N4O2/c1-14-17-8-10-25(18-7-9-23-13-24-18)20(27)21(17,11-15(12-22)19(14)26)16-5-3-2-4-6-16/h2-7,9,11,13-14,17H,8,10H2,1H3/t14-,17-,21+/m0/s1. The first-order valence-corrected chi connectivity index (χ1v) is 8.90. The molecule has 0 radical (unpaired) electrons. The molecule has 0 bridgehead atoms. The first-order chi connectivity index (χ1) is 13.1. The van der Waals surface area contributed by atoms with Crippen LogP contribution in [0.5, 0.6) is 0 Å². The molecule has 6 heteroatoms. The van der Waals surface area contributed by atoms with Crippen LogP contribution >= 0.6 is 0 Å². The Morgan fingerprint density at radius 2 is 2.00 bits per heavy atom. The second-order valence-corrected chi connectivity index (χ2v) is 6.98. The van der Waals surface area contributed by atoms with Gasteiger partial charge in [0, 0.05) is 18.7 Å². The van der Waals surface area contributed by atoms with Crippen LogP contribution in [0.3, 0.4) is 0 Å². The maximum Gasteiger partial charge on any atom is 0.243 e. The number of nitriles is 1.